The Kier molecular flexibility index (Phi) is 3.33. The molecule has 1 saturated heterocycles. The fourth-order valence-corrected chi connectivity index (χ4v) is 2.74. The van der Waals surface area contributed by atoms with E-state index in [0.717, 1.165) is 31.3 Å². The molecular formula is C14H14ClN5. The van der Waals surface area contributed by atoms with E-state index in [9.17, 15) is 0 Å². The van der Waals surface area contributed by atoms with E-state index in [-0.39, 0.29) is 0 Å². The van der Waals surface area contributed by atoms with Gasteiger partial charge in [-0.05, 0) is 13.0 Å². The summed E-state index contributed by atoms with van der Waals surface area (Å²) in [6.45, 7) is 4.83. The van der Waals surface area contributed by atoms with Crippen molar-refractivity contribution in [1.82, 2.24) is 14.5 Å². The second-order valence-corrected chi connectivity index (χ2v) is 5.45. The van der Waals surface area contributed by atoms with Crippen LogP contribution in [-0.2, 0) is 6.54 Å². The van der Waals surface area contributed by atoms with Crippen molar-refractivity contribution in [1.29, 1.82) is 5.26 Å². The summed E-state index contributed by atoms with van der Waals surface area (Å²) >= 11 is 6.16. The molecule has 0 atom stereocenters. The molecule has 0 aromatic carbocycles. The Morgan fingerprint density at radius 1 is 1.45 bits per heavy atom. The monoisotopic (exact) mass is 287 g/mol. The summed E-state index contributed by atoms with van der Waals surface area (Å²) in [6, 6.07) is 3.70. The molecule has 0 radical (unpaired) electrons. The van der Waals surface area contributed by atoms with Crippen molar-refractivity contribution in [2.45, 2.75) is 13.5 Å². The van der Waals surface area contributed by atoms with Crippen LogP contribution in [0.1, 0.15) is 11.4 Å². The summed E-state index contributed by atoms with van der Waals surface area (Å²) in [6.07, 6.45) is 5.39. The largest absolute Gasteiger partial charge is 0.355 e. The average Bonchev–Trinajstić information content (AvgIpc) is 2.79. The van der Waals surface area contributed by atoms with E-state index in [4.69, 9.17) is 16.9 Å². The van der Waals surface area contributed by atoms with Crippen LogP contribution >= 0.6 is 11.6 Å². The lowest BCUT2D eigenvalue weighted by Gasteiger charge is -2.40. The van der Waals surface area contributed by atoms with Gasteiger partial charge >= 0.3 is 0 Å². The highest BCUT2D eigenvalue weighted by molar-refractivity contribution is 6.33. The van der Waals surface area contributed by atoms with Crippen LogP contribution in [0.5, 0.6) is 0 Å². The normalized spacial score (nSPS) is 14.9. The molecule has 0 bridgehead atoms. The molecule has 0 saturated carbocycles. The van der Waals surface area contributed by atoms with Crippen molar-refractivity contribution in [2.24, 2.45) is 5.92 Å². The molecule has 0 unspecified atom stereocenters. The lowest BCUT2D eigenvalue weighted by Crippen LogP contribution is -2.49. The maximum atomic E-state index is 8.80. The Morgan fingerprint density at radius 2 is 2.25 bits per heavy atom. The van der Waals surface area contributed by atoms with E-state index in [0.29, 0.717) is 16.5 Å². The van der Waals surface area contributed by atoms with Gasteiger partial charge in [-0.1, -0.05) is 11.6 Å². The molecule has 1 aliphatic heterocycles. The van der Waals surface area contributed by atoms with Crippen LogP contribution in [0, 0.1) is 24.2 Å². The van der Waals surface area contributed by atoms with Crippen molar-refractivity contribution in [3.05, 3.63) is 41.1 Å². The number of halogens is 1. The van der Waals surface area contributed by atoms with Crippen molar-refractivity contribution < 1.29 is 0 Å². The first-order valence-electron chi connectivity index (χ1n) is 6.45. The maximum absolute atomic E-state index is 8.80. The zero-order chi connectivity index (χ0) is 14.1. The van der Waals surface area contributed by atoms with Crippen LogP contribution in [0.4, 0.5) is 5.82 Å². The average molecular weight is 288 g/mol. The molecule has 0 amide bonds. The van der Waals surface area contributed by atoms with Gasteiger partial charge in [0.15, 0.2) is 0 Å². The first kappa shape index (κ1) is 12.9. The van der Waals surface area contributed by atoms with Gasteiger partial charge in [-0.2, -0.15) is 5.26 Å². The fraction of sp³-hybridized carbons (Fsp3) is 0.357. The number of aromatic nitrogens is 3. The summed E-state index contributed by atoms with van der Waals surface area (Å²) in [4.78, 5) is 10.6. The number of hydrogen-bond acceptors (Lipinski definition) is 4. The van der Waals surface area contributed by atoms with Crippen molar-refractivity contribution in [2.75, 3.05) is 18.0 Å². The van der Waals surface area contributed by atoms with Gasteiger partial charge < -0.3 is 9.47 Å². The number of imidazole rings is 1. The molecule has 1 aliphatic rings. The molecule has 0 aliphatic carbocycles. The van der Waals surface area contributed by atoms with Gasteiger partial charge in [0.1, 0.15) is 17.7 Å². The number of nitrogens with zero attached hydrogens (tertiary/aromatic N) is 5. The van der Waals surface area contributed by atoms with Crippen molar-refractivity contribution in [3.63, 3.8) is 0 Å². The third kappa shape index (κ3) is 2.35. The number of rotatable bonds is 3. The van der Waals surface area contributed by atoms with Crippen LogP contribution in [0.2, 0.25) is 5.02 Å². The first-order chi connectivity index (χ1) is 9.67. The Balaban J connectivity index is 1.63. The highest BCUT2D eigenvalue weighted by Crippen LogP contribution is 2.30. The molecule has 2 aromatic heterocycles. The van der Waals surface area contributed by atoms with E-state index >= 15 is 0 Å². The zero-order valence-corrected chi connectivity index (χ0v) is 11.9. The third-order valence-corrected chi connectivity index (χ3v) is 3.86. The van der Waals surface area contributed by atoms with Gasteiger partial charge in [0.25, 0.3) is 0 Å². The molecule has 1 fully saturated rings. The standard InChI is InChI=1S/C14H14ClN5/c1-10-17-2-3-19(10)7-12-8-20(9-12)14-13(15)4-11(5-16)6-18-14/h2-4,6,12H,7-9H2,1H3. The predicted octanol–water partition coefficient (Wildman–Crippen LogP) is 2.25. The molecule has 2 aromatic rings. The minimum absolute atomic E-state index is 0.491. The number of pyridine rings is 1. The molecule has 6 heteroatoms. The lowest BCUT2D eigenvalue weighted by atomic mass is 10.00. The Hall–Kier alpha value is -2.06. The summed E-state index contributed by atoms with van der Waals surface area (Å²) in [5.41, 5.74) is 0.491. The molecular weight excluding hydrogens is 274 g/mol. The van der Waals surface area contributed by atoms with E-state index in [1.54, 1.807) is 12.3 Å². The van der Waals surface area contributed by atoms with E-state index in [2.05, 4.69) is 19.4 Å². The van der Waals surface area contributed by atoms with Gasteiger partial charge in [0, 0.05) is 44.1 Å². The highest BCUT2D eigenvalue weighted by Gasteiger charge is 2.29. The SMILES string of the molecule is Cc1nccn1CC1CN(c2ncc(C#N)cc2Cl)C1. The molecule has 102 valence electrons. The van der Waals surface area contributed by atoms with Crippen LogP contribution in [-0.4, -0.2) is 27.6 Å². The molecule has 20 heavy (non-hydrogen) atoms. The van der Waals surface area contributed by atoms with Crippen LogP contribution in [0.15, 0.2) is 24.7 Å². The molecule has 3 rings (SSSR count). The summed E-state index contributed by atoms with van der Waals surface area (Å²) in [7, 11) is 0. The molecule has 3 heterocycles. The third-order valence-electron chi connectivity index (χ3n) is 3.59. The summed E-state index contributed by atoms with van der Waals surface area (Å²) < 4.78 is 2.16. The molecule has 5 nitrogen and oxygen atoms in total. The van der Waals surface area contributed by atoms with E-state index in [1.165, 1.54) is 0 Å². The van der Waals surface area contributed by atoms with Crippen molar-refractivity contribution in [3.8, 4) is 6.07 Å². The van der Waals surface area contributed by atoms with Gasteiger partial charge in [-0.3, -0.25) is 0 Å². The minimum atomic E-state index is 0.491. The fourth-order valence-electron chi connectivity index (χ4n) is 2.46. The van der Waals surface area contributed by atoms with Gasteiger partial charge in [-0.25, -0.2) is 9.97 Å². The minimum Gasteiger partial charge on any atom is -0.355 e. The number of nitriles is 1. The smallest absolute Gasteiger partial charge is 0.147 e. The zero-order valence-electron chi connectivity index (χ0n) is 11.1. The van der Waals surface area contributed by atoms with E-state index < -0.39 is 0 Å². The topological polar surface area (TPSA) is 57.7 Å². The van der Waals surface area contributed by atoms with E-state index in [1.807, 2.05) is 25.4 Å². The van der Waals surface area contributed by atoms with Gasteiger partial charge in [-0.15, -0.1) is 0 Å². The molecule has 0 N–H and O–H groups in total. The van der Waals surface area contributed by atoms with Crippen LogP contribution in [0.3, 0.4) is 0 Å². The van der Waals surface area contributed by atoms with Crippen molar-refractivity contribution >= 4 is 17.4 Å². The lowest BCUT2D eigenvalue weighted by molar-refractivity contribution is 0.352. The number of anilines is 1. The predicted molar refractivity (Wildman–Crippen MR) is 76.6 cm³/mol. The number of hydrogen-bond donors (Lipinski definition) is 0. The van der Waals surface area contributed by atoms with Gasteiger partial charge in [0.05, 0.1) is 10.6 Å². The first-order valence-corrected chi connectivity index (χ1v) is 6.83. The highest BCUT2D eigenvalue weighted by atomic mass is 35.5. The second kappa shape index (κ2) is 5.14. The quantitative estimate of drug-likeness (QED) is 0.869. The Bertz CT molecular complexity index is 666. The Morgan fingerprint density at radius 3 is 2.85 bits per heavy atom. The number of aryl methyl sites for hydroxylation is 1. The summed E-state index contributed by atoms with van der Waals surface area (Å²) in [5, 5.41) is 9.35. The maximum Gasteiger partial charge on any atom is 0.147 e. The summed E-state index contributed by atoms with van der Waals surface area (Å²) in [5.74, 6) is 2.39. The molecule has 0 spiro atoms. The Labute approximate surface area is 122 Å². The van der Waals surface area contributed by atoms with Crippen LogP contribution < -0.4 is 4.90 Å². The second-order valence-electron chi connectivity index (χ2n) is 5.04. The van der Waals surface area contributed by atoms with Crippen LogP contribution in [0.25, 0.3) is 0 Å². The van der Waals surface area contributed by atoms with Gasteiger partial charge in [0.2, 0.25) is 0 Å².